The molecule has 2 aliphatic rings. The second kappa shape index (κ2) is 6.85. The van der Waals surface area contributed by atoms with Crippen molar-refractivity contribution in [3.05, 3.63) is 63.6 Å². The molecule has 142 valence electrons. The number of rotatable bonds is 2. The molecular weight excluding hydrogens is 344 g/mol. The van der Waals surface area contributed by atoms with Gasteiger partial charge in [-0.25, -0.2) is 0 Å². The van der Waals surface area contributed by atoms with Gasteiger partial charge in [0.25, 0.3) is 5.91 Å². The highest BCUT2D eigenvalue weighted by Gasteiger charge is 2.41. The first-order valence-electron chi connectivity index (χ1n) is 9.30. The van der Waals surface area contributed by atoms with Gasteiger partial charge in [0.2, 0.25) is 5.56 Å². The van der Waals surface area contributed by atoms with Crippen LogP contribution in [-0.4, -0.2) is 42.2 Å². The molecule has 3 heterocycles. The number of carbonyl (C=O) groups excluding carboxylic acids is 1. The van der Waals surface area contributed by atoms with E-state index in [0.717, 1.165) is 25.0 Å². The smallest absolute Gasteiger partial charge is 0.255 e. The first-order valence-corrected chi connectivity index (χ1v) is 9.30. The van der Waals surface area contributed by atoms with Crippen molar-refractivity contribution in [2.45, 2.75) is 24.9 Å². The predicted molar refractivity (Wildman–Crippen MR) is 101 cm³/mol. The van der Waals surface area contributed by atoms with Crippen LogP contribution in [0.15, 0.2) is 41.3 Å². The van der Waals surface area contributed by atoms with E-state index in [-0.39, 0.29) is 17.1 Å². The Kier molecular flexibility index (Phi) is 4.52. The molecule has 6 heteroatoms. The third-order valence-corrected chi connectivity index (χ3v) is 5.74. The Morgan fingerprint density at radius 1 is 1.19 bits per heavy atom. The van der Waals surface area contributed by atoms with Gasteiger partial charge in [0.05, 0.1) is 24.9 Å². The highest BCUT2D eigenvalue weighted by Crippen LogP contribution is 2.42. The third-order valence-electron chi connectivity index (χ3n) is 5.74. The molecule has 2 aromatic rings. The minimum Gasteiger partial charge on any atom is -0.497 e. The van der Waals surface area contributed by atoms with E-state index in [9.17, 15) is 9.59 Å². The van der Waals surface area contributed by atoms with E-state index in [4.69, 9.17) is 9.47 Å². The first kappa shape index (κ1) is 17.8. The average Bonchev–Trinajstić information content (AvgIpc) is 2.70. The number of fused-ring (bicyclic) bond motifs is 2. The van der Waals surface area contributed by atoms with Gasteiger partial charge in [0, 0.05) is 32.4 Å². The topological polar surface area (TPSA) is 60.8 Å². The number of benzene rings is 1. The second-order valence-electron chi connectivity index (χ2n) is 7.27. The number of aromatic nitrogens is 1. The van der Waals surface area contributed by atoms with E-state index in [1.807, 2.05) is 11.0 Å². The number of nitrogens with zero attached hydrogens (tertiary/aromatic N) is 2. The molecule has 1 amide bonds. The molecule has 0 unspecified atom stereocenters. The number of ether oxygens (including phenoxy) is 2. The largest absolute Gasteiger partial charge is 0.497 e. The minimum atomic E-state index is -0.319. The molecule has 1 aromatic heterocycles. The molecule has 1 fully saturated rings. The van der Waals surface area contributed by atoms with E-state index in [1.54, 1.807) is 26.4 Å². The summed E-state index contributed by atoms with van der Waals surface area (Å²) in [6.45, 7) is 1.95. The van der Waals surface area contributed by atoms with Crippen LogP contribution < -0.4 is 10.3 Å². The standard InChI is InChI=1S/C21H24N2O4/c1-22-14-16(3-6-19(22)24)20(25)23-10-8-21(9-11-23)18-5-4-17(26-2)13-15(18)7-12-27-21/h3-6,13-14H,7-12H2,1-2H3. The summed E-state index contributed by atoms with van der Waals surface area (Å²) in [5.74, 6) is 0.833. The lowest BCUT2D eigenvalue weighted by Crippen LogP contribution is -2.48. The van der Waals surface area contributed by atoms with Crippen LogP contribution in [0.5, 0.6) is 5.75 Å². The molecular formula is C21H24N2O4. The van der Waals surface area contributed by atoms with Gasteiger partial charge in [-0.3, -0.25) is 9.59 Å². The van der Waals surface area contributed by atoms with Gasteiger partial charge in [0.15, 0.2) is 0 Å². The molecule has 0 aliphatic carbocycles. The molecule has 0 bridgehead atoms. The van der Waals surface area contributed by atoms with Crippen LogP contribution in [0.1, 0.15) is 34.3 Å². The summed E-state index contributed by atoms with van der Waals surface area (Å²) in [6.07, 6.45) is 4.02. The molecule has 2 aliphatic heterocycles. The lowest BCUT2D eigenvalue weighted by Gasteiger charge is -2.45. The highest BCUT2D eigenvalue weighted by molar-refractivity contribution is 5.94. The predicted octanol–water partition coefficient (Wildman–Crippen LogP) is 2.10. The van der Waals surface area contributed by atoms with Crippen molar-refractivity contribution in [2.24, 2.45) is 7.05 Å². The summed E-state index contributed by atoms with van der Waals surface area (Å²) < 4.78 is 13.0. The number of likely N-dealkylation sites (tertiary alicyclic amines) is 1. The molecule has 0 saturated carbocycles. The normalized spacial score (nSPS) is 18.2. The van der Waals surface area contributed by atoms with E-state index >= 15 is 0 Å². The van der Waals surface area contributed by atoms with Crippen molar-refractivity contribution in [1.82, 2.24) is 9.47 Å². The van der Waals surface area contributed by atoms with Crippen molar-refractivity contribution < 1.29 is 14.3 Å². The first-order chi connectivity index (χ1) is 13.0. The average molecular weight is 368 g/mol. The zero-order valence-electron chi connectivity index (χ0n) is 15.7. The summed E-state index contributed by atoms with van der Waals surface area (Å²) in [7, 11) is 3.34. The number of hydrogen-bond donors (Lipinski definition) is 0. The molecule has 1 aromatic carbocycles. The number of hydrogen-bond acceptors (Lipinski definition) is 4. The molecule has 0 atom stereocenters. The fourth-order valence-corrected chi connectivity index (χ4v) is 4.17. The molecule has 27 heavy (non-hydrogen) atoms. The van der Waals surface area contributed by atoms with Gasteiger partial charge in [0.1, 0.15) is 5.75 Å². The number of methoxy groups -OCH3 is 1. The summed E-state index contributed by atoms with van der Waals surface area (Å²) in [5.41, 5.74) is 2.61. The van der Waals surface area contributed by atoms with Gasteiger partial charge in [-0.05, 0) is 48.6 Å². The van der Waals surface area contributed by atoms with Gasteiger partial charge in [-0.2, -0.15) is 0 Å². The van der Waals surface area contributed by atoms with Crippen molar-refractivity contribution >= 4 is 5.91 Å². The number of piperidine rings is 1. The third kappa shape index (κ3) is 3.14. The monoisotopic (exact) mass is 368 g/mol. The van der Waals surface area contributed by atoms with E-state index in [0.29, 0.717) is 25.3 Å². The molecule has 0 radical (unpaired) electrons. The molecule has 0 N–H and O–H groups in total. The second-order valence-corrected chi connectivity index (χ2v) is 7.27. The Bertz CT molecular complexity index is 926. The number of amides is 1. The van der Waals surface area contributed by atoms with Crippen LogP contribution in [0.2, 0.25) is 0 Å². The Hall–Kier alpha value is -2.60. The maximum atomic E-state index is 12.8. The molecule has 1 spiro atoms. The Morgan fingerprint density at radius 3 is 2.67 bits per heavy atom. The fourth-order valence-electron chi connectivity index (χ4n) is 4.17. The fraction of sp³-hybridized carbons (Fsp3) is 0.429. The molecule has 6 nitrogen and oxygen atoms in total. The van der Waals surface area contributed by atoms with Crippen LogP contribution in [-0.2, 0) is 23.8 Å². The van der Waals surface area contributed by atoms with Crippen LogP contribution >= 0.6 is 0 Å². The van der Waals surface area contributed by atoms with E-state index in [1.165, 1.54) is 21.8 Å². The van der Waals surface area contributed by atoms with Gasteiger partial charge in [-0.1, -0.05) is 6.07 Å². The lowest BCUT2D eigenvalue weighted by atomic mass is 9.79. The van der Waals surface area contributed by atoms with Crippen LogP contribution in [0, 0.1) is 0 Å². The zero-order chi connectivity index (χ0) is 19.0. The molecule has 4 rings (SSSR count). The minimum absolute atomic E-state index is 0.0359. The summed E-state index contributed by atoms with van der Waals surface area (Å²) in [6, 6.07) is 9.23. The van der Waals surface area contributed by atoms with Gasteiger partial charge in [-0.15, -0.1) is 0 Å². The van der Waals surface area contributed by atoms with Crippen molar-refractivity contribution in [1.29, 1.82) is 0 Å². The number of pyridine rings is 1. The molecule has 1 saturated heterocycles. The highest BCUT2D eigenvalue weighted by atomic mass is 16.5. The summed E-state index contributed by atoms with van der Waals surface area (Å²) >= 11 is 0. The zero-order valence-corrected chi connectivity index (χ0v) is 15.7. The maximum absolute atomic E-state index is 12.8. The Balaban J connectivity index is 1.53. The quantitative estimate of drug-likeness (QED) is 0.815. The van der Waals surface area contributed by atoms with E-state index < -0.39 is 0 Å². The Morgan fingerprint density at radius 2 is 1.96 bits per heavy atom. The Labute approximate surface area is 158 Å². The van der Waals surface area contributed by atoms with Crippen LogP contribution in [0.25, 0.3) is 0 Å². The summed E-state index contributed by atoms with van der Waals surface area (Å²) in [4.78, 5) is 26.2. The van der Waals surface area contributed by atoms with Crippen molar-refractivity contribution in [3.8, 4) is 5.75 Å². The SMILES string of the molecule is COc1ccc2c(c1)CCOC21CCN(C(=O)c2ccc(=O)n(C)c2)CC1. The van der Waals surface area contributed by atoms with Crippen LogP contribution in [0.3, 0.4) is 0 Å². The maximum Gasteiger partial charge on any atom is 0.255 e. The summed E-state index contributed by atoms with van der Waals surface area (Å²) in [5, 5.41) is 0. The number of aryl methyl sites for hydroxylation is 1. The van der Waals surface area contributed by atoms with Gasteiger partial charge < -0.3 is 18.9 Å². The van der Waals surface area contributed by atoms with Crippen molar-refractivity contribution in [2.75, 3.05) is 26.8 Å². The van der Waals surface area contributed by atoms with Gasteiger partial charge >= 0.3 is 0 Å². The number of carbonyl (C=O) groups is 1. The van der Waals surface area contributed by atoms with E-state index in [2.05, 4.69) is 12.1 Å². The van der Waals surface area contributed by atoms with Crippen LogP contribution in [0.4, 0.5) is 0 Å². The lowest BCUT2D eigenvalue weighted by molar-refractivity contribution is -0.0935. The van der Waals surface area contributed by atoms with Crippen molar-refractivity contribution in [3.63, 3.8) is 0 Å².